The number of halogens is 1. The van der Waals surface area contributed by atoms with Crippen LogP contribution in [0.25, 0.3) is 5.76 Å². The van der Waals surface area contributed by atoms with Crippen molar-refractivity contribution in [1.29, 1.82) is 0 Å². The highest BCUT2D eigenvalue weighted by Crippen LogP contribution is 2.33. The van der Waals surface area contributed by atoms with E-state index in [0.29, 0.717) is 22.4 Å². The maximum Gasteiger partial charge on any atom is 0.343 e. The second-order valence-corrected chi connectivity index (χ2v) is 9.91. The molecular weight excluding hydrogens is 514 g/mol. The summed E-state index contributed by atoms with van der Waals surface area (Å²) in [6.45, 7) is 9.62. The first-order chi connectivity index (χ1) is 16.5. The fourth-order valence-electron chi connectivity index (χ4n) is 3.15. The van der Waals surface area contributed by atoms with Gasteiger partial charge in [0.1, 0.15) is 29.4 Å². The maximum absolute atomic E-state index is 12.7. The van der Waals surface area contributed by atoms with Gasteiger partial charge in [0.05, 0.1) is 26.4 Å². The van der Waals surface area contributed by atoms with Crippen molar-refractivity contribution in [3.63, 3.8) is 0 Å². The number of benzene rings is 2. The summed E-state index contributed by atoms with van der Waals surface area (Å²) in [7, 11) is 1.61. The number of hydrogen-bond donors (Lipinski definition) is 2. The van der Waals surface area contributed by atoms with Crippen LogP contribution in [0.3, 0.4) is 0 Å². The topological polar surface area (TPSA) is 97.6 Å². The molecule has 0 aliphatic rings. The van der Waals surface area contributed by atoms with E-state index in [-0.39, 0.29) is 30.0 Å². The third kappa shape index (κ3) is 7.83. The summed E-state index contributed by atoms with van der Waals surface area (Å²) < 4.78 is 16.9. The number of aliphatic hydroxyl groups is 2. The number of carbonyl (C=O) groups excluding carboxylic acids is 1. The Labute approximate surface area is 215 Å². The number of carbonyl (C=O) groups is 1. The van der Waals surface area contributed by atoms with Crippen molar-refractivity contribution in [3.05, 3.63) is 63.1 Å². The van der Waals surface area contributed by atoms with Crippen molar-refractivity contribution in [1.82, 2.24) is 0 Å². The van der Waals surface area contributed by atoms with Crippen LogP contribution in [0, 0.1) is 12.3 Å². The van der Waals surface area contributed by atoms with E-state index in [1.165, 1.54) is 6.21 Å². The molecule has 0 spiro atoms. The molecule has 0 amide bonds. The molecule has 0 aliphatic carbocycles. The lowest BCUT2D eigenvalue weighted by Gasteiger charge is -2.25. The molecule has 7 nitrogen and oxygen atoms in total. The van der Waals surface area contributed by atoms with Crippen LogP contribution >= 0.6 is 15.9 Å². The van der Waals surface area contributed by atoms with Crippen molar-refractivity contribution >= 4 is 33.9 Å². The number of aliphatic hydroxyl groups excluding tert-OH is 2. The second kappa shape index (κ2) is 12.7. The van der Waals surface area contributed by atoms with E-state index in [0.717, 1.165) is 16.9 Å². The molecule has 0 unspecified atom stereocenters. The summed E-state index contributed by atoms with van der Waals surface area (Å²) in [5, 5.41) is 20.9. The fraction of sp³-hybridized carbons (Fsp3) is 0.407. The highest BCUT2D eigenvalue weighted by atomic mass is 79.9. The average Bonchev–Trinajstić information content (AvgIpc) is 2.80. The number of methoxy groups -OCH3 is 1. The van der Waals surface area contributed by atoms with Gasteiger partial charge in [-0.25, -0.2) is 4.79 Å². The lowest BCUT2D eigenvalue weighted by atomic mass is 9.88. The van der Waals surface area contributed by atoms with Gasteiger partial charge in [0.2, 0.25) is 0 Å². The lowest BCUT2D eigenvalue weighted by molar-refractivity contribution is -0.137. The van der Waals surface area contributed by atoms with Crippen LogP contribution < -0.4 is 9.47 Å². The van der Waals surface area contributed by atoms with Crippen LogP contribution in [0.2, 0.25) is 0 Å². The second-order valence-electron chi connectivity index (χ2n) is 9.06. The van der Waals surface area contributed by atoms with Crippen molar-refractivity contribution in [2.75, 3.05) is 20.3 Å². The number of hydrogen-bond acceptors (Lipinski definition) is 7. The van der Waals surface area contributed by atoms with E-state index in [1.54, 1.807) is 26.2 Å². The zero-order valence-electron chi connectivity index (χ0n) is 21.1. The number of aryl methyl sites for hydroxylation is 1. The van der Waals surface area contributed by atoms with Gasteiger partial charge in [0, 0.05) is 16.3 Å². The Kier molecular flexibility index (Phi) is 10.3. The maximum atomic E-state index is 12.7. The Morgan fingerprint density at radius 1 is 1.20 bits per heavy atom. The van der Waals surface area contributed by atoms with E-state index in [2.05, 4.69) is 20.9 Å². The van der Waals surface area contributed by atoms with Crippen LogP contribution in [0.1, 0.15) is 44.4 Å². The SMILES string of the molecule is CCOC(=O)/C(C=N[C@H](CO)C(C)(C)C)=C(\O)c1cc(OCc2ccc(OC)cc2)c(C)cc1Br. The van der Waals surface area contributed by atoms with Gasteiger partial charge in [-0.15, -0.1) is 0 Å². The van der Waals surface area contributed by atoms with Gasteiger partial charge in [0.15, 0.2) is 0 Å². The predicted octanol–water partition coefficient (Wildman–Crippen LogP) is 5.66. The van der Waals surface area contributed by atoms with Crippen molar-refractivity contribution in [2.45, 2.75) is 47.3 Å². The Morgan fingerprint density at radius 2 is 1.86 bits per heavy atom. The molecule has 0 bridgehead atoms. The quantitative estimate of drug-likeness (QED) is 0.172. The van der Waals surface area contributed by atoms with Crippen molar-refractivity contribution < 1.29 is 29.2 Å². The standard InChI is InChI=1S/C27H34BrNO6/c1-7-34-26(32)21(14-29-24(15-30)27(3,4)5)25(31)20-13-23(17(2)12-22(20)28)35-16-18-8-10-19(33-6)11-9-18/h8-14,24,30-31H,7,15-16H2,1-6H3/b25-21-,29-14?/t24-/m1/s1. The van der Waals surface area contributed by atoms with Crippen LogP contribution in [-0.4, -0.2) is 48.8 Å². The average molecular weight is 548 g/mol. The van der Waals surface area contributed by atoms with Crippen LogP contribution in [0.5, 0.6) is 11.5 Å². The van der Waals surface area contributed by atoms with Crippen molar-refractivity contribution in [2.24, 2.45) is 10.4 Å². The van der Waals surface area contributed by atoms with Crippen LogP contribution in [0.4, 0.5) is 0 Å². The van der Waals surface area contributed by atoms with E-state index < -0.39 is 12.0 Å². The molecule has 0 saturated heterocycles. The molecule has 0 radical (unpaired) electrons. The minimum Gasteiger partial charge on any atom is -0.506 e. The van der Waals surface area contributed by atoms with Gasteiger partial charge in [-0.1, -0.05) is 48.8 Å². The van der Waals surface area contributed by atoms with E-state index in [9.17, 15) is 15.0 Å². The Morgan fingerprint density at radius 3 is 2.40 bits per heavy atom. The first kappa shape index (κ1) is 28.4. The molecule has 0 aliphatic heterocycles. The molecule has 190 valence electrons. The Balaban J connectivity index is 2.45. The van der Waals surface area contributed by atoms with Gasteiger partial charge in [-0.2, -0.15) is 0 Å². The van der Waals surface area contributed by atoms with Crippen LogP contribution in [-0.2, 0) is 16.1 Å². The molecule has 2 aromatic carbocycles. The van der Waals surface area contributed by atoms with Gasteiger partial charge >= 0.3 is 5.97 Å². The molecule has 2 aromatic rings. The molecule has 0 heterocycles. The highest BCUT2D eigenvalue weighted by molar-refractivity contribution is 9.10. The Hall–Kier alpha value is -2.84. The predicted molar refractivity (Wildman–Crippen MR) is 141 cm³/mol. The molecule has 0 saturated carbocycles. The monoisotopic (exact) mass is 547 g/mol. The molecule has 1 atom stereocenters. The van der Waals surface area contributed by atoms with Gasteiger partial charge in [0.25, 0.3) is 0 Å². The number of rotatable bonds is 10. The Bertz CT molecular complexity index is 1070. The first-order valence-electron chi connectivity index (χ1n) is 11.3. The summed E-state index contributed by atoms with van der Waals surface area (Å²) in [6, 6.07) is 10.5. The van der Waals surface area contributed by atoms with Crippen LogP contribution in [0.15, 0.2) is 51.4 Å². The summed E-state index contributed by atoms with van der Waals surface area (Å²) >= 11 is 3.48. The largest absolute Gasteiger partial charge is 0.506 e. The minimum absolute atomic E-state index is 0.111. The third-order valence-electron chi connectivity index (χ3n) is 5.38. The van der Waals surface area contributed by atoms with Gasteiger partial charge < -0.3 is 24.4 Å². The summed E-state index contributed by atoms with van der Waals surface area (Å²) in [6.07, 6.45) is 1.27. The zero-order chi connectivity index (χ0) is 26.2. The highest BCUT2D eigenvalue weighted by Gasteiger charge is 2.25. The molecule has 8 heteroatoms. The molecule has 35 heavy (non-hydrogen) atoms. The van der Waals surface area contributed by atoms with Crippen molar-refractivity contribution in [3.8, 4) is 11.5 Å². The number of aliphatic imine (C=N–C) groups is 1. The normalized spacial score (nSPS) is 13.4. The van der Waals surface area contributed by atoms with Gasteiger partial charge in [-0.05, 0) is 54.7 Å². The molecular formula is C27H34BrNO6. The summed E-state index contributed by atoms with van der Waals surface area (Å²) in [5.41, 5.74) is 1.70. The summed E-state index contributed by atoms with van der Waals surface area (Å²) in [5.74, 6) is 0.286. The first-order valence-corrected chi connectivity index (χ1v) is 12.1. The number of esters is 1. The molecule has 0 fully saturated rings. The zero-order valence-corrected chi connectivity index (χ0v) is 22.7. The number of ether oxygens (including phenoxy) is 3. The molecule has 0 aromatic heterocycles. The lowest BCUT2D eigenvalue weighted by Crippen LogP contribution is -2.28. The third-order valence-corrected chi connectivity index (χ3v) is 6.04. The van der Waals surface area contributed by atoms with E-state index >= 15 is 0 Å². The minimum atomic E-state index is -0.715. The molecule has 2 rings (SSSR count). The number of nitrogens with zero attached hydrogens (tertiary/aromatic N) is 1. The van der Waals surface area contributed by atoms with Gasteiger partial charge in [-0.3, -0.25) is 4.99 Å². The summed E-state index contributed by atoms with van der Waals surface area (Å²) in [4.78, 5) is 17.1. The fourth-order valence-corrected chi connectivity index (χ4v) is 3.79. The smallest absolute Gasteiger partial charge is 0.343 e. The van der Waals surface area contributed by atoms with E-state index in [1.807, 2.05) is 52.0 Å². The van der Waals surface area contributed by atoms with E-state index in [4.69, 9.17) is 14.2 Å². The molecule has 2 N–H and O–H groups in total.